The minimum absolute atomic E-state index is 0.0197. The number of hydrogen-bond acceptors (Lipinski definition) is 6. The van der Waals surface area contributed by atoms with Gasteiger partial charge in [-0.25, -0.2) is 10.9 Å². The molecule has 3 unspecified atom stereocenters. The number of hydrazine groups is 1. The number of pyridine rings is 1. The molecule has 0 radical (unpaired) electrons. The van der Waals surface area contributed by atoms with Crippen LogP contribution in [-0.4, -0.2) is 47.4 Å². The molecule has 0 aromatic carbocycles. The van der Waals surface area contributed by atoms with Crippen molar-refractivity contribution in [3.8, 4) is 0 Å². The zero-order chi connectivity index (χ0) is 20.1. The SMILES string of the molecule is O=C(NCCc1cccs1)C1CCCN(C(=O)C2CC(c3ccccn3)NN2)C1. The summed E-state index contributed by atoms with van der Waals surface area (Å²) in [5.74, 6) is -0.00748. The molecule has 154 valence electrons. The third-order valence-electron chi connectivity index (χ3n) is 5.60. The van der Waals surface area contributed by atoms with Crippen molar-refractivity contribution in [1.82, 2.24) is 26.1 Å². The van der Waals surface area contributed by atoms with E-state index >= 15 is 0 Å². The van der Waals surface area contributed by atoms with Gasteiger partial charge in [0.1, 0.15) is 6.04 Å². The largest absolute Gasteiger partial charge is 0.355 e. The van der Waals surface area contributed by atoms with Gasteiger partial charge >= 0.3 is 0 Å². The molecule has 2 aliphatic heterocycles. The van der Waals surface area contributed by atoms with Crippen LogP contribution in [0.4, 0.5) is 0 Å². The first-order valence-corrected chi connectivity index (χ1v) is 11.1. The van der Waals surface area contributed by atoms with Crippen LogP contribution >= 0.6 is 11.3 Å². The molecule has 29 heavy (non-hydrogen) atoms. The van der Waals surface area contributed by atoms with Gasteiger partial charge in [-0.2, -0.15) is 0 Å². The first kappa shape index (κ1) is 20.0. The highest BCUT2D eigenvalue weighted by molar-refractivity contribution is 7.09. The van der Waals surface area contributed by atoms with Gasteiger partial charge in [0.2, 0.25) is 11.8 Å². The molecular weight excluding hydrogens is 386 g/mol. The average molecular weight is 414 g/mol. The van der Waals surface area contributed by atoms with Crippen molar-refractivity contribution in [3.05, 3.63) is 52.5 Å². The quantitative estimate of drug-likeness (QED) is 0.670. The van der Waals surface area contributed by atoms with Crippen molar-refractivity contribution < 1.29 is 9.59 Å². The number of piperidine rings is 1. The van der Waals surface area contributed by atoms with E-state index in [1.54, 1.807) is 17.5 Å². The van der Waals surface area contributed by atoms with Crippen molar-refractivity contribution in [2.45, 2.75) is 37.8 Å². The van der Waals surface area contributed by atoms with Gasteiger partial charge in [0.15, 0.2) is 0 Å². The van der Waals surface area contributed by atoms with Gasteiger partial charge < -0.3 is 10.2 Å². The lowest BCUT2D eigenvalue weighted by Gasteiger charge is -2.33. The Labute approximate surface area is 174 Å². The Balaban J connectivity index is 1.26. The second-order valence-corrected chi connectivity index (χ2v) is 8.66. The monoisotopic (exact) mass is 413 g/mol. The molecule has 8 heteroatoms. The third kappa shape index (κ3) is 5.01. The van der Waals surface area contributed by atoms with Crippen LogP contribution in [0.5, 0.6) is 0 Å². The number of hydrogen-bond donors (Lipinski definition) is 3. The Kier molecular flexibility index (Phi) is 6.53. The van der Waals surface area contributed by atoms with Crippen molar-refractivity contribution >= 4 is 23.2 Å². The second kappa shape index (κ2) is 9.47. The van der Waals surface area contributed by atoms with E-state index in [2.05, 4.69) is 27.2 Å². The number of likely N-dealkylation sites (tertiary alicyclic amines) is 1. The molecule has 0 bridgehead atoms. The van der Waals surface area contributed by atoms with E-state index in [0.29, 0.717) is 26.1 Å². The molecule has 3 N–H and O–H groups in total. The number of nitrogens with one attached hydrogen (secondary N) is 3. The van der Waals surface area contributed by atoms with Crippen LogP contribution in [0, 0.1) is 5.92 Å². The summed E-state index contributed by atoms with van der Waals surface area (Å²) in [5, 5.41) is 5.09. The number of thiophene rings is 1. The van der Waals surface area contributed by atoms with E-state index < -0.39 is 0 Å². The maximum atomic E-state index is 13.0. The number of carbonyl (C=O) groups excluding carboxylic acids is 2. The topological polar surface area (TPSA) is 86.4 Å². The fourth-order valence-electron chi connectivity index (χ4n) is 4.01. The molecule has 4 rings (SSSR count). The van der Waals surface area contributed by atoms with Gasteiger partial charge in [-0.1, -0.05) is 12.1 Å². The van der Waals surface area contributed by atoms with Crippen LogP contribution in [0.3, 0.4) is 0 Å². The molecule has 2 amide bonds. The molecule has 2 aliphatic rings. The summed E-state index contributed by atoms with van der Waals surface area (Å²) in [6.45, 7) is 1.85. The van der Waals surface area contributed by atoms with Gasteiger partial charge in [0.25, 0.3) is 0 Å². The summed E-state index contributed by atoms with van der Waals surface area (Å²) in [6.07, 6.45) is 4.97. The predicted octanol–water partition coefficient (Wildman–Crippen LogP) is 1.65. The van der Waals surface area contributed by atoms with E-state index in [4.69, 9.17) is 0 Å². The van der Waals surface area contributed by atoms with Gasteiger partial charge in [0.05, 0.1) is 17.7 Å². The number of amides is 2. The maximum Gasteiger partial charge on any atom is 0.241 e. The average Bonchev–Trinajstić information content (AvgIpc) is 3.46. The standard InChI is InChI=1S/C21H27N5O2S/c27-20(23-10-8-16-6-4-12-29-16)15-5-3-11-26(14-15)21(28)19-13-18(24-25-19)17-7-1-2-9-22-17/h1-2,4,6-7,9,12,15,18-19,24-25H,3,5,8,10-11,13-14H2,(H,23,27). The molecule has 2 aromatic rings. The molecule has 0 saturated carbocycles. The van der Waals surface area contributed by atoms with Gasteiger partial charge in [-0.15, -0.1) is 11.3 Å². The summed E-state index contributed by atoms with van der Waals surface area (Å²) >= 11 is 1.71. The van der Waals surface area contributed by atoms with Crippen LogP contribution in [0.2, 0.25) is 0 Å². The zero-order valence-corrected chi connectivity index (χ0v) is 17.2. The second-order valence-electron chi connectivity index (χ2n) is 7.63. The van der Waals surface area contributed by atoms with Crippen LogP contribution in [-0.2, 0) is 16.0 Å². The van der Waals surface area contributed by atoms with E-state index in [-0.39, 0.29) is 29.8 Å². The molecule has 2 saturated heterocycles. The Morgan fingerprint density at radius 1 is 1.24 bits per heavy atom. The van der Waals surface area contributed by atoms with E-state index in [1.807, 2.05) is 34.5 Å². The van der Waals surface area contributed by atoms with Crippen LogP contribution in [0.15, 0.2) is 41.9 Å². The van der Waals surface area contributed by atoms with Crippen molar-refractivity contribution in [2.24, 2.45) is 5.92 Å². The summed E-state index contributed by atoms with van der Waals surface area (Å²) in [7, 11) is 0. The van der Waals surface area contributed by atoms with Gasteiger partial charge in [0, 0.05) is 30.7 Å². The van der Waals surface area contributed by atoms with E-state index in [1.165, 1.54) is 4.88 Å². The minimum Gasteiger partial charge on any atom is -0.355 e. The summed E-state index contributed by atoms with van der Waals surface area (Å²) in [4.78, 5) is 33.0. The Morgan fingerprint density at radius 2 is 2.17 bits per heavy atom. The fraction of sp³-hybridized carbons (Fsp3) is 0.476. The van der Waals surface area contributed by atoms with Crippen molar-refractivity contribution in [1.29, 1.82) is 0 Å². The Hall–Kier alpha value is -2.29. The maximum absolute atomic E-state index is 13.0. The van der Waals surface area contributed by atoms with Crippen molar-refractivity contribution in [2.75, 3.05) is 19.6 Å². The fourth-order valence-corrected chi connectivity index (χ4v) is 4.72. The lowest BCUT2D eigenvalue weighted by Crippen LogP contribution is -2.51. The highest BCUT2D eigenvalue weighted by Crippen LogP contribution is 2.23. The van der Waals surface area contributed by atoms with E-state index in [0.717, 1.165) is 25.0 Å². The van der Waals surface area contributed by atoms with Crippen molar-refractivity contribution in [3.63, 3.8) is 0 Å². The molecule has 4 heterocycles. The number of aromatic nitrogens is 1. The number of rotatable bonds is 6. The zero-order valence-electron chi connectivity index (χ0n) is 16.3. The number of nitrogens with zero attached hydrogens (tertiary/aromatic N) is 2. The molecule has 0 spiro atoms. The Morgan fingerprint density at radius 3 is 2.97 bits per heavy atom. The van der Waals surface area contributed by atoms with Crippen LogP contribution in [0.1, 0.15) is 35.9 Å². The molecule has 2 fully saturated rings. The highest BCUT2D eigenvalue weighted by Gasteiger charge is 2.36. The summed E-state index contributed by atoms with van der Waals surface area (Å²) < 4.78 is 0. The molecular formula is C21H27N5O2S. The third-order valence-corrected chi connectivity index (χ3v) is 6.54. The smallest absolute Gasteiger partial charge is 0.241 e. The molecule has 2 aromatic heterocycles. The van der Waals surface area contributed by atoms with E-state index in [9.17, 15) is 9.59 Å². The molecule has 0 aliphatic carbocycles. The normalized spacial score (nSPS) is 24.4. The van der Waals surface area contributed by atoms with Crippen LogP contribution in [0.25, 0.3) is 0 Å². The summed E-state index contributed by atoms with van der Waals surface area (Å²) in [6, 6.07) is 9.63. The van der Waals surface area contributed by atoms with Crippen LogP contribution < -0.4 is 16.2 Å². The first-order valence-electron chi connectivity index (χ1n) is 10.2. The summed E-state index contributed by atoms with van der Waals surface area (Å²) in [5.41, 5.74) is 7.22. The highest BCUT2D eigenvalue weighted by atomic mass is 32.1. The Bertz CT molecular complexity index is 814. The minimum atomic E-state index is -0.289. The first-order chi connectivity index (χ1) is 14.2. The van der Waals surface area contributed by atoms with Gasteiger partial charge in [-0.3, -0.25) is 14.6 Å². The number of carbonyl (C=O) groups is 2. The lowest BCUT2D eigenvalue weighted by molar-refractivity contribution is -0.137. The molecule has 3 atom stereocenters. The molecule has 7 nitrogen and oxygen atoms in total. The van der Waals surface area contributed by atoms with Gasteiger partial charge in [-0.05, 0) is 49.3 Å². The lowest BCUT2D eigenvalue weighted by atomic mass is 9.96. The predicted molar refractivity (Wildman–Crippen MR) is 112 cm³/mol.